The maximum absolute atomic E-state index is 11.9. The van der Waals surface area contributed by atoms with E-state index in [1.54, 1.807) is 18.8 Å². The summed E-state index contributed by atoms with van der Waals surface area (Å²) in [5, 5.41) is 0. The van der Waals surface area contributed by atoms with E-state index >= 15 is 0 Å². The zero-order valence-corrected chi connectivity index (χ0v) is 12.6. The lowest BCUT2D eigenvalue weighted by Gasteiger charge is -2.21. The fraction of sp³-hybridized carbons (Fsp3) is 0.615. The Morgan fingerprint density at radius 2 is 2.14 bits per heavy atom. The number of nitrogens with one attached hydrogen (secondary N) is 1. The number of hydrogen-bond donors (Lipinski definition) is 2. The number of nitrogen functional groups attached to an aromatic ring is 1. The molecule has 1 fully saturated rings. The summed E-state index contributed by atoms with van der Waals surface area (Å²) in [5.74, 6) is 0.0292. The molecule has 0 spiro atoms. The van der Waals surface area contributed by atoms with E-state index in [4.69, 9.17) is 19.9 Å². The Morgan fingerprint density at radius 3 is 2.77 bits per heavy atom. The largest absolute Gasteiger partial charge is 0.376 e. The zero-order valence-electron chi connectivity index (χ0n) is 12.6. The molecule has 0 aliphatic carbocycles. The Bertz CT molecular complexity index is 727. The molecule has 120 valence electrons. The summed E-state index contributed by atoms with van der Waals surface area (Å²) in [4.78, 5) is 22.5. The van der Waals surface area contributed by atoms with E-state index in [9.17, 15) is 4.79 Å². The fourth-order valence-corrected chi connectivity index (χ4v) is 2.93. The molecule has 0 saturated carbocycles. The Hall–Kier alpha value is -1.97. The highest BCUT2D eigenvalue weighted by atomic mass is 16.6. The lowest BCUT2D eigenvalue weighted by molar-refractivity contribution is -0.0517. The molecular weight excluding hydrogens is 290 g/mol. The highest BCUT2D eigenvalue weighted by molar-refractivity contribution is 5.70. The molecule has 4 atom stereocenters. The molecular formula is C13H19N5O4. The van der Waals surface area contributed by atoms with Crippen molar-refractivity contribution in [2.24, 2.45) is 0 Å². The Kier molecular flexibility index (Phi) is 3.85. The Balaban J connectivity index is 2.09. The van der Waals surface area contributed by atoms with Gasteiger partial charge in [0.15, 0.2) is 17.4 Å². The van der Waals surface area contributed by atoms with Gasteiger partial charge in [-0.15, -0.1) is 0 Å². The third-order valence-electron chi connectivity index (χ3n) is 3.96. The molecule has 0 bridgehead atoms. The molecule has 3 rings (SSSR count). The van der Waals surface area contributed by atoms with Crippen LogP contribution in [0.5, 0.6) is 0 Å². The number of anilines is 1. The highest BCUT2D eigenvalue weighted by Gasteiger charge is 2.46. The maximum Gasteiger partial charge on any atom is 0.280 e. The van der Waals surface area contributed by atoms with Gasteiger partial charge in [0.1, 0.15) is 12.2 Å². The van der Waals surface area contributed by atoms with E-state index in [1.807, 2.05) is 6.92 Å². The molecule has 1 aliphatic heterocycles. The third-order valence-corrected chi connectivity index (χ3v) is 3.96. The molecule has 9 nitrogen and oxygen atoms in total. The summed E-state index contributed by atoms with van der Waals surface area (Å²) in [6.07, 6.45) is 1.13. The van der Waals surface area contributed by atoms with Gasteiger partial charge in [0, 0.05) is 14.2 Å². The number of methoxy groups -OCH3 is 2. The average molecular weight is 309 g/mol. The first-order chi connectivity index (χ1) is 10.6. The van der Waals surface area contributed by atoms with E-state index in [2.05, 4.69) is 15.0 Å². The van der Waals surface area contributed by atoms with Crippen LogP contribution < -0.4 is 11.3 Å². The van der Waals surface area contributed by atoms with Gasteiger partial charge in [-0.3, -0.25) is 14.3 Å². The molecule has 22 heavy (non-hydrogen) atoms. The molecule has 3 heterocycles. The minimum atomic E-state index is -0.487. The first kappa shape index (κ1) is 14.9. The fourth-order valence-electron chi connectivity index (χ4n) is 2.93. The minimum Gasteiger partial charge on any atom is -0.376 e. The third kappa shape index (κ3) is 2.18. The van der Waals surface area contributed by atoms with Crippen LogP contribution in [0.25, 0.3) is 11.2 Å². The molecule has 3 N–H and O–H groups in total. The normalized spacial score (nSPS) is 28.5. The Morgan fingerprint density at radius 1 is 1.41 bits per heavy atom. The lowest BCUT2D eigenvalue weighted by atomic mass is 10.1. The first-order valence-corrected chi connectivity index (χ1v) is 7.04. The summed E-state index contributed by atoms with van der Waals surface area (Å²) in [5.41, 5.74) is 5.81. The van der Waals surface area contributed by atoms with Crippen LogP contribution in [-0.4, -0.2) is 52.1 Å². The van der Waals surface area contributed by atoms with Crippen LogP contribution in [0.2, 0.25) is 0 Å². The zero-order chi connectivity index (χ0) is 15.9. The quantitative estimate of drug-likeness (QED) is 0.818. The van der Waals surface area contributed by atoms with Crippen molar-refractivity contribution in [3.05, 3.63) is 16.7 Å². The molecule has 2 aromatic heterocycles. The van der Waals surface area contributed by atoms with Crippen molar-refractivity contribution in [1.29, 1.82) is 0 Å². The van der Waals surface area contributed by atoms with Crippen molar-refractivity contribution in [3.63, 3.8) is 0 Å². The summed E-state index contributed by atoms with van der Waals surface area (Å²) in [6.45, 7) is 2.01. The van der Waals surface area contributed by atoms with Gasteiger partial charge in [-0.05, 0) is 6.42 Å². The molecule has 0 aromatic carbocycles. The molecule has 0 amide bonds. The van der Waals surface area contributed by atoms with Crippen LogP contribution in [0.4, 0.5) is 5.95 Å². The SMILES string of the molecule is CC[C@H]1O[C@@H](n2cnc3c(=O)[nH]c(N)nc32)C(OC)[C@H]1OC. The van der Waals surface area contributed by atoms with Crippen molar-refractivity contribution in [2.45, 2.75) is 37.9 Å². The average Bonchev–Trinajstić information content (AvgIpc) is 3.06. The van der Waals surface area contributed by atoms with Crippen LogP contribution in [0, 0.1) is 0 Å². The van der Waals surface area contributed by atoms with Gasteiger partial charge in [-0.2, -0.15) is 4.98 Å². The summed E-state index contributed by atoms with van der Waals surface area (Å²) in [6, 6.07) is 0. The molecule has 2 aromatic rings. The summed E-state index contributed by atoms with van der Waals surface area (Å²) >= 11 is 0. The van der Waals surface area contributed by atoms with Crippen LogP contribution >= 0.6 is 0 Å². The number of nitrogens with zero attached hydrogens (tertiary/aromatic N) is 3. The van der Waals surface area contributed by atoms with E-state index in [-0.39, 0.29) is 35.3 Å². The number of fused-ring (bicyclic) bond motifs is 1. The number of imidazole rings is 1. The van der Waals surface area contributed by atoms with Gasteiger partial charge in [-0.25, -0.2) is 4.98 Å². The molecule has 1 unspecified atom stereocenters. The monoisotopic (exact) mass is 309 g/mol. The second-order valence-corrected chi connectivity index (χ2v) is 5.15. The number of rotatable bonds is 4. The number of hydrogen-bond acceptors (Lipinski definition) is 7. The molecule has 1 aliphatic rings. The lowest BCUT2D eigenvalue weighted by Crippen LogP contribution is -2.34. The van der Waals surface area contributed by atoms with Gasteiger partial charge < -0.3 is 19.9 Å². The van der Waals surface area contributed by atoms with Gasteiger partial charge in [0.05, 0.1) is 12.4 Å². The topological polar surface area (TPSA) is 117 Å². The summed E-state index contributed by atoms with van der Waals surface area (Å²) < 4.78 is 18.8. The smallest absolute Gasteiger partial charge is 0.280 e. The number of ether oxygens (including phenoxy) is 3. The van der Waals surface area contributed by atoms with Crippen molar-refractivity contribution < 1.29 is 14.2 Å². The van der Waals surface area contributed by atoms with E-state index in [0.717, 1.165) is 6.42 Å². The molecule has 9 heteroatoms. The van der Waals surface area contributed by atoms with Crippen LogP contribution in [0.15, 0.2) is 11.1 Å². The predicted molar refractivity (Wildman–Crippen MR) is 78.4 cm³/mol. The van der Waals surface area contributed by atoms with Crippen molar-refractivity contribution in [1.82, 2.24) is 19.5 Å². The second-order valence-electron chi connectivity index (χ2n) is 5.15. The van der Waals surface area contributed by atoms with Gasteiger partial charge in [-0.1, -0.05) is 6.92 Å². The van der Waals surface area contributed by atoms with Crippen molar-refractivity contribution in [3.8, 4) is 0 Å². The summed E-state index contributed by atoms with van der Waals surface area (Å²) in [7, 11) is 3.22. The molecule has 0 radical (unpaired) electrons. The van der Waals surface area contributed by atoms with Crippen molar-refractivity contribution >= 4 is 17.1 Å². The second kappa shape index (κ2) is 5.67. The van der Waals surface area contributed by atoms with Crippen LogP contribution in [-0.2, 0) is 14.2 Å². The van der Waals surface area contributed by atoms with E-state index < -0.39 is 6.23 Å². The number of nitrogens with two attached hydrogens (primary N) is 1. The number of aromatic nitrogens is 4. The Labute approximate surface area is 126 Å². The molecule has 1 saturated heterocycles. The predicted octanol–water partition coefficient (Wildman–Crippen LogP) is 0.0392. The maximum atomic E-state index is 11.9. The van der Waals surface area contributed by atoms with Gasteiger partial charge in [0.25, 0.3) is 5.56 Å². The standard InChI is InChI=1S/C13H19N5O4/c1-4-6-8(20-2)9(21-3)12(22-6)18-5-15-7-10(18)16-13(14)17-11(7)19/h5-6,8-9,12H,4H2,1-3H3,(H3,14,16,17,19)/t6-,8+,9?,12-/m1/s1. The van der Waals surface area contributed by atoms with Gasteiger partial charge in [0.2, 0.25) is 5.95 Å². The number of aromatic amines is 1. The first-order valence-electron chi connectivity index (χ1n) is 7.04. The van der Waals surface area contributed by atoms with E-state index in [0.29, 0.717) is 5.65 Å². The van der Waals surface area contributed by atoms with E-state index in [1.165, 1.54) is 6.33 Å². The minimum absolute atomic E-state index is 0.0292. The van der Waals surface area contributed by atoms with Crippen LogP contribution in [0.1, 0.15) is 19.6 Å². The van der Waals surface area contributed by atoms with Crippen LogP contribution in [0.3, 0.4) is 0 Å². The number of H-pyrrole nitrogens is 1. The van der Waals surface area contributed by atoms with Gasteiger partial charge >= 0.3 is 0 Å². The van der Waals surface area contributed by atoms with Crippen molar-refractivity contribution in [2.75, 3.05) is 20.0 Å². The highest BCUT2D eigenvalue weighted by Crippen LogP contribution is 2.35.